The molecule has 6 heteroatoms. The van der Waals surface area contributed by atoms with E-state index in [-0.39, 0.29) is 17.7 Å². The summed E-state index contributed by atoms with van der Waals surface area (Å²) in [5.41, 5.74) is 7.79. The monoisotopic (exact) mass is 441 g/mol. The number of nitrogens with one attached hydrogen (secondary N) is 1. The smallest absolute Gasteiger partial charge is 0.253 e. The Kier molecular flexibility index (Phi) is 5.78. The fourth-order valence-corrected chi connectivity index (χ4v) is 4.06. The molecule has 0 aliphatic heterocycles. The highest BCUT2D eigenvalue weighted by molar-refractivity contribution is 5.94. The van der Waals surface area contributed by atoms with Crippen molar-refractivity contribution < 1.29 is 4.79 Å². The van der Waals surface area contributed by atoms with E-state index in [1.807, 2.05) is 45.9 Å². The average molecular weight is 442 g/mol. The molecular formula is C27H31N5O. The van der Waals surface area contributed by atoms with E-state index in [4.69, 9.17) is 5.10 Å². The van der Waals surface area contributed by atoms with Crippen LogP contribution in [0.4, 0.5) is 5.69 Å². The first-order chi connectivity index (χ1) is 15.5. The molecule has 0 bridgehead atoms. The molecule has 0 radical (unpaired) electrons. The van der Waals surface area contributed by atoms with Crippen LogP contribution in [-0.4, -0.2) is 25.5 Å². The number of aryl methyl sites for hydroxylation is 4. The first-order valence-corrected chi connectivity index (χ1v) is 11.2. The Bertz CT molecular complexity index is 1320. The van der Waals surface area contributed by atoms with Gasteiger partial charge in [0.2, 0.25) is 5.91 Å². The number of anilines is 1. The molecule has 33 heavy (non-hydrogen) atoms. The van der Waals surface area contributed by atoms with E-state index in [0.29, 0.717) is 11.6 Å². The summed E-state index contributed by atoms with van der Waals surface area (Å²) in [5.74, 6) is 1.10. The first kappa shape index (κ1) is 22.6. The van der Waals surface area contributed by atoms with Crippen LogP contribution < -0.4 is 5.32 Å². The van der Waals surface area contributed by atoms with E-state index in [1.165, 1.54) is 5.56 Å². The second-order valence-corrected chi connectivity index (χ2v) is 9.73. The maximum Gasteiger partial charge on any atom is 0.253 e. The number of para-hydroxylation sites is 1. The highest BCUT2D eigenvalue weighted by Gasteiger charge is 2.18. The van der Waals surface area contributed by atoms with Gasteiger partial charge in [-0.25, -0.2) is 9.50 Å². The van der Waals surface area contributed by atoms with Gasteiger partial charge in [0.05, 0.1) is 6.42 Å². The van der Waals surface area contributed by atoms with Crippen LogP contribution in [0.15, 0.2) is 42.5 Å². The number of fused-ring (bicyclic) bond motifs is 1. The van der Waals surface area contributed by atoms with Crippen LogP contribution in [0.1, 0.15) is 54.4 Å². The molecular weight excluding hydrogens is 410 g/mol. The normalized spacial score (nSPS) is 11.7. The Morgan fingerprint density at radius 3 is 2.18 bits per heavy atom. The molecule has 0 fully saturated rings. The minimum atomic E-state index is -0.0714. The number of carbonyl (C=O) groups is 1. The molecule has 0 aliphatic rings. The summed E-state index contributed by atoms with van der Waals surface area (Å²) in [6, 6.07) is 14.3. The maximum atomic E-state index is 12.9. The van der Waals surface area contributed by atoms with Crippen molar-refractivity contribution >= 4 is 17.4 Å². The first-order valence-electron chi connectivity index (χ1n) is 11.2. The van der Waals surface area contributed by atoms with Crippen molar-refractivity contribution in [1.29, 1.82) is 0 Å². The summed E-state index contributed by atoms with van der Waals surface area (Å²) < 4.78 is 1.74. The van der Waals surface area contributed by atoms with Crippen molar-refractivity contribution in [1.82, 2.24) is 19.6 Å². The molecule has 0 atom stereocenters. The van der Waals surface area contributed by atoms with Crippen LogP contribution in [0.3, 0.4) is 0 Å². The predicted molar refractivity (Wildman–Crippen MR) is 133 cm³/mol. The lowest BCUT2D eigenvalue weighted by atomic mass is 9.87. The lowest BCUT2D eigenvalue weighted by molar-refractivity contribution is -0.115. The Hall–Kier alpha value is -3.54. The fourth-order valence-electron chi connectivity index (χ4n) is 4.06. The third kappa shape index (κ3) is 4.51. The lowest BCUT2D eigenvalue weighted by Gasteiger charge is -2.18. The third-order valence-electron chi connectivity index (χ3n) is 6.14. The van der Waals surface area contributed by atoms with E-state index in [2.05, 4.69) is 60.3 Å². The van der Waals surface area contributed by atoms with Gasteiger partial charge in [-0.2, -0.15) is 4.98 Å². The average Bonchev–Trinajstić information content (AvgIpc) is 3.17. The van der Waals surface area contributed by atoms with Crippen molar-refractivity contribution in [3.8, 4) is 11.4 Å². The maximum absolute atomic E-state index is 12.9. The Balaban J connectivity index is 1.64. The Morgan fingerprint density at radius 2 is 1.58 bits per heavy atom. The molecule has 1 amide bonds. The van der Waals surface area contributed by atoms with Crippen molar-refractivity contribution in [3.63, 3.8) is 0 Å². The Morgan fingerprint density at radius 1 is 0.939 bits per heavy atom. The number of benzene rings is 2. The van der Waals surface area contributed by atoms with Crippen LogP contribution >= 0.6 is 0 Å². The number of hydrogen-bond acceptors (Lipinski definition) is 4. The summed E-state index contributed by atoms with van der Waals surface area (Å²) in [6.07, 6.45) is 0.226. The zero-order chi connectivity index (χ0) is 23.9. The zero-order valence-corrected chi connectivity index (χ0v) is 20.4. The molecule has 0 saturated heterocycles. The van der Waals surface area contributed by atoms with Crippen LogP contribution in [0.5, 0.6) is 0 Å². The van der Waals surface area contributed by atoms with Crippen LogP contribution in [-0.2, 0) is 16.6 Å². The number of nitrogens with zero attached hydrogens (tertiary/aromatic N) is 4. The van der Waals surface area contributed by atoms with Crippen molar-refractivity contribution in [3.05, 3.63) is 76.1 Å². The molecule has 4 rings (SSSR count). The van der Waals surface area contributed by atoms with Gasteiger partial charge in [0, 0.05) is 28.2 Å². The van der Waals surface area contributed by atoms with Crippen LogP contribution in [0.25, 0.3) is 17.2 Å². The quantitative estimate of drug-likeness (QED) is 0.454. The number of hydrogen-bond donors (Lipinski definition) is 1. The summed E-state index contributed by atoms with van der Waals surface area (Å²) in [5, 5.41) is 7.77. The molecule has 0 unspecified atom stereocenters. The van der Waals surface area contributed by atoms with E-state index in [0.717, 1.165) is 39.3 Å². The Labute approximate surface area is 195 Å². The van der Waals surface area contributed by atoms with Crippen LogP contribution in [0.2, 0.25) is 0 Å². The van der Waals surface area contributed by atoms with Crippen molar-refractivity contribution in [2.45, 2.75) is 60.3 Å². The van der Waals surface area contributed by atoms with Crippen molar-refractivity contribution in [2.24, 2.45) is 0 Å². The predicted octanol–water partition coefficient (Wildman–Crippen LogP) is 5.50. The molecule has 1 N–H and O–H groups in total. The second-order valence-electron chi connectivity index (χ2n) is 9.73. The van der Waals surface area contributed by atoms with Gasteiger partial charge in [0.25, 0.3) is 5.78 Å². The number of aromatic nitrogens is 4. The number of carbonyl (C=O) groups excluding carboxylic acids is 1. The van der Waals surface area contributed by atoms with E-state index in [1.54, 1.807) is 4.52 Å². The van der Waals surface area contributed by atoms with Gasteiger partial charge < -0.3 is 5.32 Å². The molecule has 170 valence electrons. The molecule has 2 aromatic carbocycles. The minimum Gasteiger partial charge on any atom is -0.325 e. The van der Waals surface area contributed by atoms with Gasteiger partial charge >= 0.3 is 0 Å². The standard InChI is InChI=1S/C27H31N5O/c1-16-9-8-10-17(2)24(16)29-23(33)15-22-18(3)28-26-30-25(31-32(26)19(22)4)20-11-13-21(14-12-20)27(5,6)7/h8-14H,15H2,1-7H3,(H,29,33). The van der Waals surface area contributed by atoms with E-state index >= 15 is 0 Å². The lowest BCUT2D eigenvalue weighted by Crippen LogP contribution is -2.19. The number of rotatable bonds is 4. The molecule has 0 aliphatic carbocycles. The summed E-state index contributed by atoms with van der Waals surface area (Å²) >= 11 is 0. The van der Waals surface area contributed by atoms with E-state index < -0.39 is 0 Å². The summed E-state index contributed by atoms with van der Waals surface area (Å²) in [4.78, 5) is 22.2. The van der Waals surface area contributed by atoms with Gasteiger partial charge in [0.15, 0.2) is 5.82 Å². The number of amides is 1. The molecule has 6 nitrogen and oxygen atoms in total. The zero-order valence-electron chi connectivity index (χ0n) is 20.4. The van der Waals surface area contributed by atoms with Crippen LogP contribution in [0, 0.1) is 27.7 Å². The summed E-state index contributed by atoms with van der Waals surface area (Å²) in [6.45, 7) is 14.5. The molecule has 0 spiro atoms. The highest BCUT2D eigenvalue weighted by Crippen LogP contribution is 2.26. The molecule has 4 aromatic rings. The van der Waals surface area contributed by atoms with Gasteiger partial charge in [-0.1, -0.05) is 63.2 Å². The molecule has 2 aromatic heterocycles. The largest absolute Gasteiger partial charge is 0.325 e. The van der Waals surface area contributed by atoms with Gasteiger partial charge in [-0.3, -0.25) is 4.79 Å². The van der Waals surface area contributed by atoms with Gasteiger partial charge in [-0.05, 0) is 49.8 Å². The minimum absolute atomic E-state index is 0.0714. The second kappa shape index (κ2) is 8.43. The molecule has 0 saturated carbocycles. The van der Waals surface area contributed by atoms with Crippen molar-refractivity contribution in [2.75, 3.05) is 5.32 Å². The fraction of sp³-hybridized carbons (Fsp3) is 0.333. The highest BCUT2D eigenvalue weighted by atomic mass is 16.1. The summed E-state index contributed by atoms with van der Waals surface area (Å²) in [7, 11) is 0. The van der Waals surface area contributed by atoms with Gasteiger partial charge in [-0.15, -0.1) is 5.10 Å². The van der Waals surface area contributed by atoms with Gasteiger partial charge in [0.1, 0.15) is 0 Å². The third-order valence-corrected chi connectivity index (χ3v) is 6.14. The van der Waals surface area contributed by atoms with E-state index in [9.17, 15) is 4.79 Å². The molecule has 2 heterocycles. The topological polar surface area (TPSA) is 72.2 Å². The SMILES string of the molecule is Cc1cccc(C)c1NC(=O)Cc1c(C)nc2nc(-c3ccc(C(C)(C)C)cc3)nn2c1C.